The Labute approximate surface area is 60.1 Å². The largest absolute Gasteiger partial charge is 0.0986 e. The fourth-order valence-electron chi connectivity index (χ4n) is 0.695. The van der Waals surface area contributed by atoms with Gasteiger partial charge in [-0.3, -0.25) is 0 Å². The third kappa shape index (κ3) is 4.66. The fraction of sp³-hybridized carbons (Fsp3) is 0.750. The summed E-state index contributed by atoms with van der Waals surface area (Å²) in [6.07, 6.45) is 2.66. The lowest BCUT2D eigenvalue weighted by atomic mass is 10.2. The van der Waals surface area contributed by atoms with Gasteiger partial charge in [-0.25, -0.2) is 0 Å². The van der Waals surface area contributed by atoms with Gasteiger partial charge in [0.2, 0.25) is 0 Å². The van der Waals surface area contributed by atoms with Gasteiger partial charge in [0.1, 0.15) is 0 Å². The molecule has 0 heterocycles. The lowest BCUT2D eigenvalue weighted by Gasteiger charge is -2.11. The summed E-state index contributed by atoms with van der Waals surface area (Å²) in [7, 11) is 0.140. The molecule has 0 saturated carbocycles. The summed E-state index contributed by atoms with van der Waals surface area (Å²) in [5.41, 5.74) is 0. The predicted molar refractivity (Wildman–Crippen MR) is 47.4 cm³/mol. The molecule has 0 aliphatic heterocycles. The normalized spacial score (nSPS) is 16.8. The minimum Gasteiger partial charge on any atom is -0.0986 e. The maximum atomic E-state index is 3.78. The molecule has 0 N–H and O–H groups in total. The van der Waals surface area contributed by atoms with Crippen LogP contribution in [0.3, 0.4) is 0 Å². The first-order chi connectivity index (χ1) is 4.20. The van der Waals surface area contributed by atoms with Crippen LogP contribution in [0.1, 0.15) is 20.3 Å². The highest BCUT2D eigenvalue weighted by Crippen LogP contribution is 2.34. The maximum Gasteiger partial charge on any atom is -0.0268 e. The molecule has 0 aromatic heterocycles. The highest BCUT2D eigenvalue weighted by atomic mass is 31.1. The van der Waals surface area contributed by atoms with Crippen LogP contribution in [-0.4, -0.2) is 12.8 Å². The summed E-state index contributed by atoms with van der Waals surface area (Å²) in [6.45, 7) is 10.6. The summed E-state index contributed by atoms with van der Waals surface area (Å²) in [6, 6.07) is 0. The van der Waals surface area contributed by atoms with Crippen LogP contribution in [-0.2, 0) is 0 Å². The third-order valence-electron chi connectivity index (χ3n) is 1.61. The van der Waals surface area contributed by atoms with Crippen LogP contribution in [0.2, 0.25) is 0 Å². The molecule has 0 radical (unpaired) electrons. The number of hydrogen-bond acceptors (Lipinski definition) is 0. The Hall–Kier alpha value is 0.170. The molecular formula is C8H17P. The fourth-order valence-corrected chi connectivity index (χ4v) is 2.09. The van der Waals surface area contributed by atoms with E-state index in [2.05, 4.69) is 32.9 Å². The van der Waals surface area contributed by atoms with Crippen molar-refractivity contribution in [1.82, 2.24) is 0 Å². The maximum absolute atomic E-state index is 3.78. The number of rotatable bonds is 4. The summed E-state index contributed by atoms with van der Waals surface area (Å²) < 4.78 is 0. The lowest BCUT2D eigenvalue weighted by Crippen LogP contribution is -1.95. The molecule has 0 spiro atoms. The first-order valence-electron chi connectivity index (χ1n) is 3.53. The van der Waals surface area contributed by atoms with Gasteiger partial charge in [0, 0.05) is 0 Å². The lowest BCUT2D eigenvalue weighted by molar-refractivity contribution is 0.634. The highest BCUT2D eigenvalue weighted by Gasteiger charge is 2.01. The van der Waals surface area contributed by atoms with Gasteiger partial charge in [-0.2, -0.15) is 0 Å². The van der Waals surface area contributed by atoms with E-state index < -0.39 is 0 Å². The van der Waals surface area contributed by atoms with E-state index in [-0.39, 0.29) is 7.92 Å². The minimum atomic E-state index is 0.140. The van der Waals surface area contributed by atoms with E-state index in [4.69, 9.17) is 0 Å². The van der Waals surface area contributed by atoms with Gasteiger partial charge < -0.3 is 0 Å². The van der Waals surface area contributed by atoms with Crippen LogP contribution in [0.25, 0.3) is 0 Å². The molecule has 2 atom stereocenters. The van der Waals surface area contributed by atoms with Crippen molar-refractivity contribution in [3.8, 4) is 0 Å². The van der Waals surface area contributed by atoms with Crippen molar-refractivity contribution in [1.29, 1.82) is 0 Å². The second-order valence-corrected chi connectivity index (χ2v) is 4.88. The van der Waals surface area contributed by atoms with E-state index in [9.17, 15) is 0 Å². The molecule has 54 valence electrons. The molecule has 0 nitrogen and oxygen atoms in total. The van der Waals surface area contributed by atoms with E-state index in [1.54, 1.807) is 0 Å². The van der Waals surface area contributed by atoms with E-state index >= 15 is 0 Å². The van der Waals surface area contributed by atoms with Crippen molar-refractivity contribution in [3.05, 3.63) is 12.4 Å². The van der Waals surface area contributed by atoms with Gasteiger partial charge in [-0.1, -0.05) is 40.6 Å². The Morgan fingerprint density at radius 2 is 2.22 bits per heavy atom. The molecule has 0 aliphatic carbocycles. The van der Waals surface area contributed by atoms with Crippen LogP contribution >= 0.6 is 7.92 Å². The van der Waals surface area contributed by atoms with E-state index in [0.717, 1.165) is 5.92 Å². The second-order valence-electron chi connectivity index (χ2n) is 2.64. The molecule has 0 rings (SSSR count). The Morgan fingerprint density at radius 1 is 1.67 bits per heavy atom. The standard InChI is InChI=1S/C8H17P/c1-5-8(3)7-9(4)6-2/h6,8H,2,5,7H2,1,3-4H3. The van der Waals surface area contributed by atoms with Gasteiger partial charge in [0.05, 0.1) is 0 Å². The molecule has 0 aliphatic rings. The average molecular weight is 144 g/mol. The van der Waals surface area contributed by atoms with Crippen LogP contribution in [0, 0.1) is 5.92 Å². The molecule has 1 heteroatoms. The zero-order valence-corrected chi connectivity index (χ0v) is 7.62. The molecule has 0 amide bonds. The van der Waals surface area contributed by atoms with Gasteiger partial charge in [-0.15, -0.1) is 0 Å². The summed E-state index contributed by atoms with van der Waals surface area (Å²) in [5, 5.41) is 0. The predicted octanol–water partition coefficient (Wildman–Crippen LogP) is 3.29. The third-order valence-corrected chi connectivity index (χ3v) is 3.43. The Balaban J connectivity index is 3.33. The topological polar surface area (TPSA) is 0 Å². The highest BCUT2D eigenvalue weighted by molar-refractivity contribution is 7.60. The summed E-state index contributed by atoms with van der Waals surface area (Å²) >= 11 is 0. The molecular weight excluding hydrogens is 127 g/mol. The Morgan fingerprint density at radius 3 is 2.56 bits per heavy atom. The van der Waals surface area contributed by atoms with E-state index in [1.165, 1.54) is 12.6 Å². The minimum absolute atomic E-state index is 0.140. The van der Waals surface area contributed by atoms with E-state index in [1.807, 2.05) is 0 Å². The first kappa shape index (κ1) is 9.17. The van der Waals surface area contributed by atoms with Gasteiger partial charge in [0.15, 0.2) is 0 Å². The molecule has 0 bridgehead atoms. The molecule has 9 heavy (non-hydrogen) atoms. The van der Waals surface area contributed by atoms with Gasteiger partial charge in [-0.05, 0) is 18.7 Å². The molecule has 0 saturated heterocycles. The van der Waals surface area contributed by atoms with Gasteiger partial charge >= 0.3 is 0 Å². The van der Waals surface area contributed by atoms with Crippen molar-refractivity contribution >= 4 is 7.92 Å². The summed E-state index contributed by atoms with van der Waals surface area (Å²) in [5.74, 6) is 2.99. The first-order valence-corrected chi connectivity index (χ1v) is 5.57. The Kier molecular flexibility index (Phi) is 5.09. The van der Waals surface area contributed by atoms with Crippen LogP contribution in [0.15, 0.2) is 12.4 Å². The van der Waals surface area contributed by atoms with Crippen molar-refractivity contribution in [2.24, 2.45) is 5.92 Å². The number of hydrogen-bond donors (Lipinski definition) is 0. The zero-order chi connectivity index (χ0) is 7.28. The van der Waals surface area contributed by atoms with Crippen LogP contribution in [0.5, 0.6) is 0 Å². The van der Waals surface area contributed by atoms with Crippen LogP contribution < -0.4 is 0 Å². The van der Waals surface area contributed by atoms with E-state index in [0.29, 0.717) is 0 Å². The monoisotopic (exact) mass is 144 g/mol. The molecule has 0 aromatic carbocycles. The van der Waals surface area contributed by atoms with Gasteiger partial charge in [0.25, 0.3) is 0 Å². The average Bonchev–Trinajstić information content (AvgIpc) is 1.87. The molecule has 0 fully saturated rings. The second kappa shape index (κ2) is 4.99. The molecule has 2 unspecified atom stereocenters. The SMILES string of the molecule is C=CP(C)CC(C)CC. The van der Waals surface area contributed by atoms with Crippen LogP contribution in [0.4, 0.5) is 0 Å². The van der Waals surface area contributed by atoms with Crippen molar-refractivity contribution in [2.45, 2.75) is 20.3 Å². The zero-order valence-electron chi connectivity index (χ0n) is 6.72. The van der Waals surface area contributed by atoms with Crippen molar-refractivity contribution in [3.63, 3.8) is 0 Å². The van der Waals surface area contributed by atoms with Crippen molar-refractivity contribution < 1.29 is 0 Å². The smallest absolute Gasteiger partial charge is 0.0268 e. The molecule has 0 aromatic rings. The Bertz CT molecular complexity index is 78.6. The summed E-state index contributed by atoms with van der Waals surface area (Å²) in [4.78, 5) is 0. The quantitative estimate of drug-likeness (QED) is 0.531. The van der Waals surface area contributed by atoms with Crippen molar-refractivity contribution in [2.75, 3.05) is 12.8 Å².